The monoisotopic (exact) mass is 342 g/mol. The molecular formula is C16H22O8. The number of aliphatic hydroxyl groups excluding tert-OH is 6. The van der Waals surface area contributed by atoms with Gasteiger partial charge < -0.3 is 40.1 Å². The molecule has 0 aromatic carbocycles. The van der Waals surface area contributed by atoms with Gasteiger partial charge in [-0.2, -0.15) is 0 Å². The number of ether oxygens (including phenoxy) is 2. The molecule has 0 saturated carbocycles. The normalized spacial score (nSPS) is 31.0. The van der Waals surface area contributed by atoms with Crippen molar-refractivity contribution in [3.8, 4) is 23.7 Å². The number of hydrogen-bond donors (Lipinski definition) is 6. The van der Waals surface area contributed by atoms with Crippen LogP contribution in [0.4, 0.5) is 0 Å². The third-order valence-corrected chi connectivity index (χ3v) is 3.20. The Labute approximate surface area is 140 Å². The molecule has 8 heteroatoms. The van der Waals surface area contributed by atoms with Crippen LogP contribution in [0.1, 0.15) is 6.42 Å². The average molecular weight is 342 g/mol. The van der Waals surface area contributed by atoms with E-state index in [9.17, 15) is 20.4 Å². The number of rotatable bonds is 6. The van der Waals surface area contributed by atoms with Crippen LogP contribution in [0.3, 0.4) is 0 Å². The van der Waals surface area contributed by atoms with Crippen molar-refractivity contribution in [1.82, 2.24) is 0 Å². The summed E-state index contributed by atoms with van der Waals surface area (Å²) in [6.45, 7) is -0.682. The van der Waals surface area contributed by atoms with Gasteiger partial charge in [-0.3, -0.25) is 0 Å². The van der Waals surface area contributed by atoms with Gasteiger partial charge >= 0.3 is 0 Å². The van der Waals surface area contributed by atoms with Crippen LogP contribution in [0, 0.1) is 23.7 Å². The highest BCUT2D eigenvalue weighted by molar-refractivity contribution is 5.31. The average Bonchev–Trinajstić information content (AvgIpc) is 2.58. The van der Waals surface area contributed by atoms with E-state index in [1.807, 2.05) is 0 Å². The van der Waals surface area contributed by atoms with Gasteiger partial charge in [0.15, 0.2) is 6.29 Å². The van der Waals surface area contributed by atoms with Gasteiger partial charge in [0.25, 0.3) is 0 Å². The van der Waals surface area contributed by atoms with Crippen molar-refractivity contribution < 1.29 is 40.1 Å². The molecule has 0 unspecified atom stereocenters. The van der Waals surface area contributed by atoms with Crippen LogP contribution in [-0.2, 0) is 9.47 Å². The van der Waals surface area contributed by atoms with E-state index in [0.29, 0.717) is 0 Å². The summed E-state index contributed by atoms with van der Waals surface area (Å²) in [4.78, 5) is 0. The Morgan fingerprint density at radius 2 is 1.83 bits per heavy atom. The van der Waals surface area contributed by atoms with Crippen molar-refractivity contribution in [1.29, 1.82) is 0 Å². The Balaban J connectivity index is 2.39. The predicted molar refractivity (Wildman–Crippen MR) is 82.1 cm³/mol. The highest BCUT2D eigenvalue weighted by atomic mass is 16.7. The molecular weight excluding hydrogens is 320 g/mol. The third-order valence-electron chi connectivity index (χ3n) is 3.20. The molecule has 0 radical (unpaired) electrons. The summed E-state index contributed by atoms with van der Waals surface area (Å²) in [6, 6.07) is 0. The Morgan fingerprint density at radius 1 is 1.08 bits per heavy atom. The molecule has 1 fully saturated rings. The van der Waals surface area contributed by atoms with Crippen molar-refractivity contribution >= 4 is 0 Å². The van der Waals surface area contributed by atoms with Crippen LogP contribution in [0.15, 0.2) is 12.2 Å². The fourth-order valence-corrected chi connectivity index (χ4v) is 1.88. The van der Waals surface area contributed by atoms with Gasteiger partial charge in [-0.15, -0.1) is 0 Å². The second-order valence-corrected chi connectivity index (χ2v) is 5.00. The Morgan fingerprint density at radius 3 is 2.50 bits per heavy atom. The lowest BCUT2D eigenvalue weighted by atomic mass is 9.99. The molecule has 0 spiro atoms. The summed E-state index contributed by atoms with van der Waals surface area (Å²) < 4.78 is 10.4. The molecule has 1 heterocycles. The van der Waals surface area contributed by atoms with E-state index in [1.54, 1.807) is 0 Å². The second kappa shape index (κ2) is 11.2. The van der Waals surface area contributed by atoms with Crippen LogP contribution in [0.25, 0.3) is 0 Å². The van der Waals surface area contributed by atoms with Crippen molar-refractivity contribution in [3.63, 3.8) is 0 Å². The van der Waals surface area contributed by atoms with Crippen LogP contribution in [0.2, 0.25) is 0 Å². The largest absolute Gasteiger partial charge is 0.394 e. The van der Waals surface area contributed by atoms with Gasteiger partial charge in [-0.1, -0.05) is 17.9 Å². The lowest BCUT2D eigenvalue weighted by molar-refractivity contribution is -0.301. The standard InChI is InChI=1S/C16H22O8/c17-8-5-3-1-2-4-6-11(19)7-9-23-16-15(22)14(21)13(20)12(10-18)24-16/h3,5,11-22H,7-10H2/b5-3+/t11-,12+,13+,14-,15+,16+/m1/s1. The molecule has 6 N–H and O–H groups in total. The van der Waals surface area contributed by atoms with Crippen molar-refractivity contribution in [2.75, 3.05) is 19.8 Å². The lowest BCUT2D eigenvalue weighted by Gasteiger charge is -2.39. The molecule has 0 bridgehead atoms. The SMILES string of the molecule is OC/C=C/C#CC#C[C@@H](O)CCO[C@H]1O[C@@H](CO)[C@H](O)[C@@H](O)[C@@H]1O. The molecule has 1 aliphatic rings. The summed E-state index contributed by atoms with van der Waals surface area (Å²) in [6.07, 6.45) is -4.72. The van der Waals surface area contributed by atoms with E-state index in [2.05, 4.69) is 23.7 Å². The maximum Gasteiger partial charge on any atom is 0.186 e. The molecule has 6 atom stereocenters. The van der Waals surface area contributed by atoms with Crippen molar-refractivity contribution in [3.05, 3.63) is 12.2 Å². The highest BCUT2D eigenvalue weighted by Crippen LogP contribution is 2.22. The first-order valence-electron chi connectivity index (χ1n) is 7.38. The quantitative estimate of drug-likeness (QED) is 0.283. The number of allylic oxidation sites excluding steroid dienone is 1. The van der Waals surface area contributed by atoms with Crippen LogP contribution >= 0.6 is 0 Å². The molecule has 134 valence electrons. The van der Waals surface area contributed by atoms with Gasteiger partial charge in [0.2, 0.25) is 0 Å². The van der Waals surface area contributed by atoms with E-state index < -0.39 is 43.4 Å². The smallest absolute Gasteiger partial charge is 0.186 e. The molecule has 0 aromatic heterocycles. The third kappa shape index (κ3) is 6.57. The minimum Gasteiger partial charge on any atom is -0.394 e. The molecule has 0 amide bonds. The fourth-order valence-electron chi connectivity index (χ4n) is 1.88. The lowest BCUT2D eigenvalue weighted by Crippen LogP contribution is -2.59. The van der Waals surface area contributed by atoms with Crippen LogP contribution in [0.5, 0.6) is 0 Å². The Bertz CT molecular complexity index is 510. The van der Waals surface area contributed by atoms with Gasteiger partial charge in [0.05, 0.1) is 19.8 Å². The summed E-state index contributed by atoms with van der Waals surface area (Å²) >= 11 is 0. The molecule has 1 saturated heterocycles. The van der Waals surface area contributed by atoms with Crippen molar-refractivity contribution in [2.24, 2.45) is 0 Å². The number of aliphatic hydroxyl groups is 6. The molecule has 0 aliphatic carbocycles. The van der Waals surface area contributed by atoms with Crippen LogP contribution < -0.4 is 0 Å². The van der Waals surface area contributed by atoms with E-state index >= 15 is 0 Å². The number of hydrogen-bond acceptors (Lipinski definition) is 8. The predicted octanol–water partition coefficient (Wildman–Crippen LogP) is -2.89. The summed E-state index contributed by atoms with van der Waals surface area (Å²) in [5.41, 5.74) is 0. The first-order chi connectivity index (χ1) is 11.5. The molecule has 0 aromatic rings. The van der Waals surface area contributed by atoms with Crippen LogP contribution in [-0.4, -0.2) is 87.3 Å². The van der Waals surface area contributed by atoms with Gasteiger partial charge in [0, 0.05) is 6.42 Å². The topological polar surface area (TPSA) is 140 Å². The summed E-state index contributed by atoms with van der Waals surface area (Å²) in [7, 11) is 0. The Kier molecular flexibility index (Phi) is 9.57. The minimum atomic E-state index is -1.51. The molecule has 8 nitrogen and oxygen atoms in total. The van der Waals surface area contributed by atoms with E-state index in [4.69, 9.17) is 19.7 Å². The Hall–Kier alpha value is -1.46. The zero-order chi connectivity index (χ0) is 17.9. The zero-order valence-electron chi connectivity index (χ0n) is 12.9. The second-order valence-electron chi connectivity index (χ2n) is 5.00. The molecule has 1 aliphatic heterocycles. The van der Waals surface area contributed by atoms with Gasteiger partial charge in [-0.25, -0.2) is 0 Å². The minimum absolute atomic E-state index is 0.0314. The highest BCUT2D eigenvalue weighted by Gasteiger charge is 2.43. The van der Waals surface area contributed by atoms with E-state index in [0.717, 1.165) is 0 Å². The maximum atomic E-state index is 9.76. The zero-order valence-corrected chi connectivity index (χ0v) is 12.9. The van der Waals surface area contributed by atoms with E-state index in [1.165, 1.54) is 12.2 Å². The van der Waals surface area contributed by atoms with Crippen molar-refractivity contribution in [2.45, 2.75) is 43.2 Å². The molecule has 24 heavy (non-hydrogen) atoms. The maximum absolute atomic E-state index is 9.76. The summed E-state index contributed by atoms with van der Waals surface area (Å²) in [5.74, 6) is 9.90. The van der Waals surface area contributed by atoms with Gasteiger partial charge in [-0.05, 0) is 17.9 Å². The molecule has 1 rings (SSSR count). The summed E-state index contributed by atoms with van der Waals surface area (Å²) in [5, 5.41) is 56.1. The fraction of sp³-hybridized carbons (Fsp3) is 0.625. The first kappa shape index (κ1) is 20.6. The van der Waals surface area contributed by atoms with E-state index in [-0.39, 0.29) is 19.6 Å². The first-order valence-corrected chi connectivity index (χ1v) is 7.38. The van der Waals surface area contributed by atoms with Gasteiger partial charge in [0.1, 0.15) is 30.5 Å².